The Bertz CT molecular complexity index is 1020. The lowest BCUT2D eigenvalue weighted by molar-refractivity contribution is 0.574. The third-order valence-electron chi connectivity index (χ3n) is 4.78. The fourth-order valence-corrected chi connectivity index (χ4v) is 4.32. The summed E-state index contributed by atoms with van der Waals surface area (Å²) in [7, 11) is 1.99. The first-order valence-corrected chi connectivity index (χ1v) is 9.44. The molecule has 0 amide bonds. The molecule has 4 rings (SSSR count). The SMILES string of the molecule is Cc1nc2c(s1)c(C=N)c(C(NCc1cccc(F)n1)=C1CCC1)n2C. The fourth-order valence-electron chi connectivity index (χ4n) is 3.36. The van der Waals surface area contributed by atoms with Crippen LogP contribution in [0.2, 0.25) is 0 Å². The van der Waals surface area contributed by atoms with E-state index in [1.54, 1.807) is 17.4 Å². The molecule has 1 saturated carbocycles. The average Bonchev–Trinajstić information content (AvgIpc) is 3.06. The van der Waals surface area contributed by atoms with Crippen LogP contribution in [0.25, 0.3) is 16.0 Å². The molecule has 7 heteroatoms. The average molecular weight is 369 g/mol. The fraction of sp³-hybridized carbons (Fsp3) is 0.316. The van der Waals surface area contributed by atoms with E-state index in [9.17, 15) is 4.39 Å². The third kappa shape index (κ3) is 2.82. The predicted octanol–water partition coefficient (Wildman–Crippen LogP) is 4.16. The van der Waals surface area contributed by atoms with Gasteiger partial charge in [-0.1, -0.05) is 6.07 Å². The molecule has 0 radical (unpaired) electrons. The van der Waals surface area contributed by atoms with Gasteiger partial charge in [0.25, 0.3) is 0 Å². The highest BCUT2D eigenvalue weighted by molar-refractivity contribution is 7.18. The molecule has 0 aliphatic heterocycles. The van der Waals surface area contributed by atoms with Crippen LogP contribution in [0.1, 0.15) is 41.2 Å². The molecular weight excluding hydrogens is 349 g/mol. The van der Waals surface area contributed by atoms with E-state index in [0.29, 0.717) is 12.2 Å². The van der Waals surface area contributed by atoms with Gasteiger partial charge in [-0.2, -0.15) is 4.39 Å². The van der Waals surface area contributed by atoms with Gasteiger partial charge in [-0.25, -0.2) is 9.97 Å². The summed E-state index contributed by atoms with van der Waals surface area (Å²) in [6, 6.07) is 4.83. The highest BCUT2D eigenvalue weighted by Crippen LogP contribution is 2.37. The van der Waals surface area contributed by atoms with Gasteiger partial charge in [0, 0.05) is 18.8 Å². The van der Waals surface area contributed by atoms with Gasteiger partial charge in [0.15, 0.2) is 5.65 Å². The summed E-state index contributed by atoms with van der Waals surface area (Å²) in [4.78, 5) is 8.56. The van der Waals surface area contributed by atoms with Crippen molar-refractivity contribution in [1.82, 2.24) is 19.9 Å². The largest absolute Gasteiger partial charge is 0.378 e. The molecule has 0 saturated heterocycles. The van der Waals surface area contributed by atoms with Crippen molar-refractivity contribution in [2.24, 2.45) is 7.05 Å². The normalized spacial score (nSPS) is 13.7. The molecule has 0 bridgehead atoms. The molecule has 3 aromatic rings. The molecule has 1 aliphatic carbocycles. The number of aryl methyl sites for hydroxylation is 2. The minimum absolute atomic E-state index is 0.444. The first-order chi connectivity index (χ1) is 12.6. The van der Waals surface area contributed by atoms with Crippen LogP contribution in [0.15, 0.2) is 23.8 Å². The van der Waals surface area contributed by atoms with Gasteiger partial charge in [0.2, 0.25) is 5.95 Å². The standard InChI is InChI=1S/C19H20FN5S/c1-11-23-19-18(26-11)14(9-21)17(25(19)2)16(12-5-3-6-12)22-10-13-7-4-8-15(20)24-13/h4,7-9,21-22H,3,5-6,10H2,1-2H3. The van der Waals surface area contributed by atoms with Crippen molar-refractivity contribution in [2.75, 3.05) is 0 Å². The van der Waals surface area contributed by atoms with Crippen LogP contribution in [-0.4, -0.2) is 20.7 Å². The lowest BCUT2D eigenvalue weighted by Gasteiger charge is -2.24. The van der Waals surface area contributed by atoms with Gasteiger partial charge in [0.05, 0.1) is 33.3 Å². The van der Waals surface area contributed by atoms with E-state index >= 15 is 0 Å². The zero-order valence-electron chi connectivity index (χ0n) is 14.8. The van der Waals surface area contributed by atoms with Crippen LogP contribution in [-0.2, 0) is 13.6 Å². The first-order valence-electron chi connectivity index (χ1n) is 8.62. The van der Waals surface area contributed by atoms with Crippen molar-refractivity contribution in [3.05, 3.63) is 51.7 Å². The number of hydrogen-bond donors (Lipinski definition) is 2. The van der Waals surface area contributed by atoms with Crippen molar-refractivity contribution in [3.8, 4) is 0 Å². The Balaban J connectivity index is 1.76. The molecule has 3 aromatic heterocycles. The number of thiazole rings is 1. The molecule has 3 heterocycles. The Morgan fingerprint density at radius 1 is 1.38 bits per heavy atom. The van der Waals surface area contributed by atoms with Crippen molar-refractivity contribution in [1.29, 1.82) is 5.41 Å². The molecule has 5 nitrogen and oxygen atoms in total. The van der Waals surface area contributed by atoms with E-state index in [0.717, 1.165) is 45.2 Å². The molecular formula is C19H20FN5S. The van der Waals surface area contributed by atoms with Gasteiger partial charge in [-0.15, -0.1) is 11.3 Å². The highest BCUT2D eigenvalue weighted by Gasteiger charge is 2.24. The van der Waals surface area contributed by atoms with E-state index in [-0.39, 0.29) is 0 Å². The van der Waals surface area contributed by atoms with E-state index in [1.807, 2.05) is 20.0 Å². The number of allylic oxidation sites excluding steroid dienone is 1. The number of hydrogen-bond acceptors (Lipinski definition) is 5. The van der Waals surface area contributed by atoms with Gasteiger partial charge < -0.3 is 15.3 Å². The number of fused-ring (bicyclic) bond motifs is 1. The Hall–Kier alpha value is -2.54. The van der Waals surface area contributed by atoms with Crippen molar-refractivity contribution >= 4 is 33.6 Å². The van der Waals surface area contributed by atoms with Gasteiger partial charge >= 0.3 is 0 Å². The second kappa shape index (κ2) is 6.64. The Kier molecular flexibility index (Phi) is 4.32. The number of rotatable bonds is 5. The molecule has 0 aromatic carbocycles. The second-order valence-electron chi connectivity index (χ2n) is 6.49. The summed E-state index contributed by atoms with van der Waals surface area (Å²) in [5, 5.41) is 12.4. The monoisotopic (exact) mass is 369 g/mol. The lowest BCUT2D eigenvalue weighted by atomic mass is 9.89. The molecule has 2 N–H and O–H groups in total. The van der Waals surface area contributed by atoms with Crippen molar-refractivity contribution in [3.63, 3.8) is 0 Å². The summed E-state index contributed by atoms with van der Waals surface area (Å²) in [6.07, 6.45) is 4.68. The molecule has 0 atom stereocenters. The number of halogens is 1. The number of nitrogens with one attached hydrogen (secondary N) is 2. The minimum atomic E-state index is -0.471. The maximum absolute atomic E-state index is 13.4. The van der Waals surface area contributed by atoms with Crippen molar-refractivity contribution in [2.45, 2.75) is 32.7 Å². The van der Waals surface area contributed by atoms with E-state index in [2.05, 4.69) is 19.9 Å². The smallest absolute Gasteiger partial charge is 0.213 e. The quantitative estimate of drug-likeness (QED) is 0.524. The van der Waals surface area contributed by atoms with Crippen LogP contribution in [0.4, 0.5) is 4.39 Å². The summed E-state index contributed by atoms with van der Waals surface area (Å²) in [5.41, 5.74) is 5.82. The zero-order valence-corrected chi connectivity index (χ0v) is 15.6. The van der Waals surface area contributed by atoms with Gasteiger partial charge in [0.1, 0.15) is 0 Å². The van der Waals surface area contributed by atoms with E-state index in [1.165, 1.54) is 24.3 Å². The molecule has 134 valence electrons. The van der Waals surface area contributed by atoms with Gasteiger partial charge in [-0.3, -0.25) is 0 Å². The molecule has 0 unspecified atom stereocenters. The van der Waals surface area contributed by atoms with Gasteiger partial charge in [-0.05, 0) is 43.9 Å². The third-order valence-corrected chi connectivity index (χ3v) is 5.77. The Morgan fingerprint density at radius 3 is 2.85 bits per heavy atom. The molecule has 0 spiro atoms. The second-order valence-corrected chi connectivity index (χ2v) is 7.69. The van der Waals surface area contributed by atoms with E-state index < -0.39 is 5.95 Å². The van der Waals surface area contributed by atoms with E-state index in [4.69, 9.17) is 5.41 Å². The summed E-state index contributed by atoms with van der Waals surface area (Å²) < 4.78 is 16.5. The number of nitrogens with zero attached hydrogens (tertiary/aromatic N) is 3. The van der Waals surface area contributed by atoms with Crippen LogP contribution >= 0.6 is 11.3 Å². The summed E-state index contributed by atoms with van der Waals surface area (Å²) in [5.74, 6) is -0.471. The maximum atomic E-state index is 13.4. The molecule has 1 aliphatic rings. The predicted molar refractivity (Wildman–Crippen MR) is 103 cm³/mol. The van der Waals surface area contributed by atoms with Crippen molar-refractivity contribution < 1.29 is 4.39 Å². The highest BCUT2D eigenvalue weighted by atomic mass is 32.1. The number of aromatic nitrogens is 3. The van der Waals surface area contributed by atoms with Crippen LogP contribution in [0.5, 0.6) is 0 Å². The molecule has 26 heavy (non-hydrogen) atoms. The van der Waals surface area contributed by atoms with Crippen LogP contribution < -0.4 is 5.32 Å². The van der Waals surface area contributed by atoms with Crippen LogP contribution in [0, 0.1) is 18.3 Å². The maximum Gasteiger partial charge on any atom is 0.213 e. The molecule has 1 fully saturated rings. The topological polar surface area (TPSA) is 66.6 Å². The first kappa shape index (κ1) is 16.9. The minimum Gasteiger partial charge on any atom is -0.378 e. The van der Waals surface area contributed by atoms with Crippen LogP contribution in [0.3, 0.4) is 0 Å². The lowest BCUT2D eigenvalue weighted by Crippen LogP contribution is -2.20. The summed E-state index contributed by atoms with van der Waals surface area (Å²) in [6.45, 7) is 2.43. The Morgan fingerprint density at radius 2 is 2.19 bits per heavy atom. The Labute approximate surface area is 155 Å². The number of pyridine rings is 1. The zero-order chi connectivity index (χ0) is 18.3. The summed E-state index contributed by atoms with van der Waals surface area (Å²) >= 11 is 1.61.